The molecule has 1 saturated heterocycles. The molecule has 2 aliphatic rings. The van der Waals surface area contributed by atoms with Gasteiger partial charge < -0.3 is 4.90 Å². The maximum atomic E-state index is 4.20. The van der Waals surface area contributed by atoms with Gasteiger partial charge in [0.15, 0.2) is 0 Å². The van der Waals surface area contributed by atoms with Crippen LogP contribution >= 0.6 is 0 Å². The molecule has 2 nitrogen and oxygen atoms in total. The number of piperidine rings is 1. The van der Waals surface area contributed by atoms with Gasteiger partial charge in [0.05, 0.1) is 0 Å². The van der Waals surface area contributed by atoms with E-state index in [9.17, 15) is 0 Å². The van der Waals surface area contributed by atoms with Gasteiger partial charge in [-0.05, 0) is 55.1 Å². The number of rotatable bonds is 3. The van der Waals surface area contributed by atoms with Gasteiger partial charge in [0.1, 0.15) is 0 Å². The van der Waals surface area contributed by atoms with Crippen molar-refractivity contribution < 1.29 is 0 Å². The lowest BCUT2D eigenvalue weighted by molar-refractivity contribution is 0.186. The minimum Gasteiger partial charge on any atom is -0.303 e. The van der Waals surface area contributed by atoms with Crippen LogP contribution in [0.15, 0.2) is 54.9 Å². The van der Waals surface area contributed by atoms with Crippen molar-refractivity contribution in [3.63, 3.8) is 0 Å². The number of allylic oxidation sites excluding steroid dienone is 1. The molecule has 2 heteroatoms. The first-order valence-corrected chi connectivity index (χ1v) is 8.26. The van der Waals surface area contributed by atoms with Crippen molar-refractivity contribution >= 4 is 6.08 Å². The summed E-state index contributed by atoms with van der Waals surface area (Å²) in [5.41, 5.74) is 4.61. The van der Waals surface area contributed by atoms with Gasteiger partial charge in [0.2, 0.25) is 0 Å². The number of benzene rings is 1. The Kier molecular flexibility index (Phi) is 3.55. The fraction of sp³-hybridized carbons (Fsp3) is 0.350. The highest BCUT2D eigenvalue weighted by Crippen LogP contribution is 2.43. The molecule has 0 bridgehead atoms. The van der Waals surface area contributed by atoms with Crippen molar-refractivity contribution in [3.8, 4) is 0 Å². The average molecular weight is 290 g/mol. The Morgan fingerprint density at radius 3 is 2.73 bits per heavy atom. The summed E-state index contributed by atoms with van der Waals surface area (Å²) in [4.78, 5) is 6.81. The van der Waals surface area contributed by atoms with E-state index in [2.05, 4.69) is 52.4 Å². The molecule has 1 spiro atoms. The number of nitrogens with zero attached hydrogens (tertiary/aromatic N) is 2. The van der Waals surface area contributed by atoms with Gasteiger partial charge in [0, 0.05) is 24.4 Å². The van der Waals surface area contributed by atoms with Crippen LogP contribution in [-0.2, 0) is 11.8 Å². The van der Waals surface area contributed by atoms with Crippen LogP contribution in [0.2, 0.25) is 0 Å². The molecule has 1 aromatic heterocycles. The smallest absolute Gasteiger partial charge is 0.0300 e. The van der Waals surface area contributed by atoms with E-state index in [0.29, 0.717) is 5.41 Å². The van der Waals surface area contributed by atoms with Crippen LogP contribution in [0.5, 0.6) is 0 Å². The van der Waals surface area contributed by atoms with Crippen molar-refractivity contribution in [2.75, 3.05) is 19.6 Å². The molecule has 0 atom stereocenters. The van der Waals surface area contributed by atoms with Crippen LogP contribution in [0.3, 0.4) is 0 Å². The van der Waals surface area contributed by atoms with Crippen molar-refractivity contribution in [1.29, 1.82) is 0 Å². The van der Waals surface area contributed by atoms with E-state index in [1.54, 1.807) is 5.56 Å². The maximum absolute atomic E-state index is 4.20. The van der Waals surface area contributed by atoms with Crippen LogP contribution in [-0.4, -0.2) is 29.5 Å². The summed E-state index contributed by atoms with van der Waals surface area (Å²) in [7, 11) is 0. The Labute approximate surface area is 132 Å². The minimum atomic E-state index is 0.307. The quantitative estimate of drug-likeness (QED) is 0.857. The van der Waals surface area contributed by atoms with Crippen LogP contribution in [0.4, 0.5) is 0 Å². The largest absolute Gasteiger partial charge is 0.303 e. The highest BCUT2D eigenvalue weighted by Gasteiger charge is 2.37. The van der Waals surface area contributed by atoms with Crippen molar-refractivity contribution in [2.24, 2.45) is 0 Å². The van der Waals surface area contributed by atoms with Gasteiger partial charge >= 0.3 is 0 Å². The summed E-state index contributed by atoms with van der Waals surface area (Å²) >= 11 is 0. The SMILES string of the molecule is C1=CC2(CCN(CCc3cccnc3)CC2)c2ccccc21. The zero-order valence-corrected chi connectivity index (χ0v) is 12.9. The number of hydrogen-bond acceptors (Lipinski definition) is 2. The van der Waals surface area contributed by atoms with E-state index in [0.717, 1.165) is 13.0 Å². The Balaban J connectivity index is 1.38. The number of aromatic nitrogens is 1. The number of likely N-dealkylation sites (tertiary alicyclic amines) is 1. The number of fused-ring (bicyclic) bond motifs is 2. The Morgan fingerprint density at radius 2 is 1.91 bits per heavy atom. The summed E-state index contributed by atoms with van der Waals surface area (Å²) < 4.78 is 0. The lowest BCUT2D eigenvalue weighted by Crippen LogP contribution is -2.41. The fourth-order valence-corrected chi connectivity index (χ4v) is 3.88. The highest BCUT2D eigenvalue weighted by molar-refractivity contribution is 5.65. The second-order valence-electron chi connectivity index (χ2n) is 6.53. The van der Waals surface area contributed by atoms with E-state index in [-0.39, 0.29) is 0 Å². The molecule has 0 unspecified atom stereocenters. The average Bonchev–Trinajstić information content (AvgIpc) is 2.94. The Morgan fingerprint density at radius 1 is 1.05 bits per heavy atom. The van der Waals surface area contributed by atoms with Crippen LogP contribution < -0.4 is 0 Å². The zero-order chi connectivity index (χ0) is 14.8. The third kappa shape index (κ3) is 2.48. The standard InChI is InChI=1S/C20H22N2/c1-2-6-19-18(5-1)7-9-20(19)10-14-22(15-11-20)13-8-17-4-3-12-21-16-17/h1-7,9,12,16H,8,10-11,13-15H2. The second-order valence-corrected chi connectivity index (χ2v) is 6.53. The van der Waals surface area contributed by atoms with Gasteiger partial charge in [-0.15, -0.1) is 0 Å². The number of pyridine rings is 1. The third-order valence-corrected chi connectivity index (χ3v) is 5.27. The first kappa shape index (κ1) is 13.7. The predicted molar refractivity (Wildman–Crippen MR) is 90.8 cm³/mol. The molecule has 2 heterocycles. The second kappa shape index (κ2) is 5.69. The van der Waals surface area contributed by atoms with Crippen LogP contribution in [0.1, 0.15) is 29.5 Å². The van der Waals surface area contributed by atoms with E-state index in [4.69, 9.17) is 0 Å². The van der Waals surface area contributed by atoms with Crippen molar-refractivity contribution in [1.82, 2.24) is 9.88 Å². The van der Waals surface area contributed by atoms with Gasteiger partial charge in [-0.2, -0.15) is 0 Å². The third-order valence-electron chi connectivity index (χ3n) is 5.27. The molecule has 4 rings (SSSR count). The molecule has 1 aliphatic heterocycles. The summed E-state index contributed by atoms with van der Waals surface area (Å²) in [6.45, 7) is 3.53. The van der Waals surface area contributed by atoms with Gasteiger partial charge in [0.25, 0.3) is 0 Å². The fourth-order valence-electron chi connectivity index (χ4n) is 3.88. The summed E-state index contributed by atoms with van der Waals surface area (Å²) in [5, 5.41) is 0. The van der Waals surface area contributed by atoms with Crippen molar-refractivity contribution in [3.05, 3.63) is 71.6 Å². The molecule has 0 N–H and O–H groups in total. The van der Waals surface area contributed by atoms with E-state index in [1.165, 1.54) is 37.1 Å². The lowest BCUT2D eigenvalue weighted by Gasteiger charge is -2.39. The molecular formula is C20H22N2. The van der Waals surface area contributed by atoms with Gasteiger partial charge in [-0.1, -0.05) is 42.5 Å². The lowest BCUT2D eigenvalue weighted by atomic mass is 9.74. The van der Waals surface area contributed by atoms with Crippen molar-refractivity contribution in [2.45, 2.75) is 24.7 Å². The van der Waals surface area contributed by atoms with E-state index in [1.807, 2.05) is 18.5 Å². The summed E-state index contributed by atoms with van der Waals surface area (Å²) in [6, 6.07) is 13.1. The van der Waals surface area contributed by atoms with Crippen LogP contribution in [0, 0.1) is 0 Å². The topological polar surface area (TPSA) is 16.1 Å². The Bertz CT molecular complexity index is 667. The molecule has 0 radical (unpaired) electrons. The predicted octanol–water partition coefficient (Wildman–Crippen LogP) is 3.68. The molecule has 1 aromatic carbocycles. The molecule has 0 saturated carbocycles. The summed E-state index contributed by atoms with van der Waals surface area (Å²) in [5.74, 6) is 0. The van der Waals surface area contributed by atoms with E-state index < -0.39 is 0 Å². The molecular weight excluding hydrogens is 268 g/mol. The molecule has 2 aromatic rings. The van der Waals surface area contributed by atoms with Gasteiger partial charge in [-0.3, -0.25) is 4.98 Å². The molecule has 22 heavy (non-hydrogen) atoms. The van der Waals surface area contributed by atoms with Crippen LogP contribution in [0.25, 0.3) is 6.08 Å². The summed E-state index contributed by atoms with van der Waals surface area (Å²) in [6.07, 6.45) is 12.2. The minimum absolute atomic E-state index is 0.307. The molecule has 1 aliphatic carbocycles. The van der Waals surface area contributed by atoms with E-state index >= 15 is 0 Å². The Hall–Kier alpha value is -1.93. The van der Waals surface area contributed by atoms with Gasteiger partial charge in [-0.25, -0.2) is 0 Å². The first-order chi connectivity index (χ1) is 10.9. The monoisotopic (exact) mass is 290 g/mol. The zero-order valence-electron chi connectivity index (χ0n) is 12.9. The highest BCUT2D eigenvalue weighted by atomic mass is 15.1. The normalized spacial score (nSPS) is 19.5. The molecule has 112 valence electrons. The molecule has 0 amide bonds. The number of hydrogen-bond donors (Lipinski definition) is 0. The molecule has 1 fully saturated rings. The maximum Gasteiger partial charge on any atom is 0.0300 e. The first-order valence-electron chi connectivity index (χ1n) is 8.26.